The Kier molecular flexibility index (Phi) is 4.20. The molecule has 0 unspecified atom stereocenters. The lowest BCUT2D eigenvalue weighted by molar-refractivity contribution is 0.764. The molecule has 0 saturated heterocycles. The molecule has 0 spiro atoms. The molecule has 8 heteroatoms. The molecule has 102 valence electrons. The summed E-state index contributed by atoms with van der Waals surface area (Å²) in [6.07, 6.45) is 1.02. The van der Waals surface area contributed by atoms with Crippen molar-refractivity contribution in [1.82, 2.24) is 24.7 Å². The SMILES string of the molecule is CCCNc1cc(Sc2nnc(C)n2C)nc(N)n1. The molecule has 2 heterocycles. The van der Waals surface area contributed by atoms with E-state index < -0.39 is 0 Å². The van der Waals surface area contributed by atoms with Crippen molar-refractivity contribution in [3.05, 3.63) is 11.9 Å². The Morgan fingerprint density at radius 2 is 2.16 bits per heavy atom. The van der Waals surface area contributed by atoms with Crippen LogP contribution in [0.4, 0.5) is 11.8 Å². The maximum atomic E-state index is 5.71. The van der Waals surface area contributed by atoms with Gasteiger partial charge in [0.1, 0.15) is 16.7 Å². The second-order valence-electron chi connectivity index (χ2n) is 4.07. The predicted molar refractivity (Wildman–Crippen MR) is 75.1 cm³/mol. The molecule has 3 N–H and O–H groups in total. The third-order valence-electron chi connectivity index (χ3n) is 2.52. The number of nitrogen functional groups attached to an aromatic ring is 1. The zero-order valence-corrected chi connectivity index (χ0v) is 12.0. The van der Waals surface area contributed by atoms with Gasteiger partial charge < -0.3 is 15.6 Å². The van der Waals surface area contributed by atoms with Crippen LogP contribution in [0, 0.1) is 6.92 Å². The number of hydrogen-bond acceptors (Lipinski definition) is 7. The third-order valence-corrected chi connectivity index (χ3v) is 3.48. The van der Waals surface area contributed by atoms with Crippen LogP contribution >= 0.6 is 11.8 Å². The van der Waals surface area contributed by atoms with Crippen LogP contribution in [-0.4, -0.2) is 31.3 Å². The number of anilines is 2. The fraction of sp³-hybridized carbons (Fsp3) is 0.455. The Bertz CT molecular complexity index is 566. The number of nitrogens with one attached hydrogen (secondary N) is 1. The maximum absolute atomic E-state index is 5.71. The van der Waals surface area contributed by atoms with Crippen molar-refractivity contribution >= 4 is 23.5 Å². The van der Waals surface area contributed by atoms with Gasteiger partial charge in [-0.05, 0) is 25.1 Å². The molecule has 0 amide bonds. The number of rotatable bonds is 5. The summed E-state index contributed by atoms with van der Waals surface area (Å²) in [5.41, 5.74) is 5.71. The Balaban J connectivity index is 2.20. The van der Waals surface area contributed by atoms with Gasteiger partial charge >= 0.3 is 0 Å². The van der Waals surface area contributed by atoms with E-state index in [2.05, 4.69) is 32.4 Å². The van der Waals surface area contributed by atoms with E-state index in [1.54, 1.807) is 0 Å². The van der Waals surface area contributed by atoms with Gasteiger partial charge in [0.15, 0.2) is 5.16 Å². The molecule has 2 aromatic heterocycles. The summed E-state index contributed by atoms with van der Waals surface area (Å²) in [7, 11) is 1.92. The Hall–Kier alpha value is -1.83. The van der Waals surface area contributed by atoms with Crippen molar-refractivity contribution in [2.75, 3.05) is 17.6 Å². The molecule has 0 aromatic carbocycles. The highest BCUT2D eigenvalue weighted by Crippen LogP contribution is 2.26. The molecule has 7 nitrogen and oxygen atoms in total. The van der Waals surface area contributed by atoms with Crippen LogP contribution in [0.2, 0.25) is 0 Å². The lowest BCUT2D eigenvalue weighted by Crippen LogP contribution is -2.05. The van der Waals surface area contributed by atoms with Crippen molar-refractivity contribution < 1.29 is 0 Å². The predicted octanol–water partition coefficient (Wildman–Crippen LogP) is 1.47. The molecule has 0 aliphatic carbocycles. The minimum Gasteiger partial charge on any atom is -0.370 e. The van der Waals surface area contributed by atoms with E-state index in [0.717, 1.165) is 34.8 Å². The number of hydrogen-bond donors (Lipinski definition) is 2. The number of nitrogens with zero attached hydrogens (tertiary/aromatic N) is 5. The van der Waals surface area contributed by atoms with Gasteiger partial charge in [-0.15, -0.1) is 10.2 Å². The summed E-state index contributed by atoms with van der Waals surface area (Å²) < 4.78 is 1.90. The van der Waals surface area contributed by atoms with Gasteiger partial charge in [0.2, 0.25) is 5.95 Å². The van der Waals surface area contributed by atoms with Crippen molar-refractivity contribution in [1.29, 1.82) is 0 Å². The summed E-state index contributed by atoms with van der Waals surface area (Å²) in [5, 5.41) is 12.8. The van der Waals surface area contributed by atoms with Crippen LogP contribution in [0.25, 0.3) is 0 Å². The number of aryl methyl sites for hydroxylation is 1. The molecule has 0 radical (unpaired) electrons. The largest absolute Gasteiger partial charge is 0.370 e. The zero-order valence-electron chi connectivity index (χ0n) is 11.2. The van der Waals surface area contributed by atoms with E-state index in [1.165, 1.54) is 11.8 Å². The molecule has 0 aliphatic heterocycles. The lowest BCUT2D eigenvalue weighted by Gasteiger charge is -2.06. The first-order chi connectivity index (χ1) is 9.10. The van der Waals surface area contributed by atoms with Crippen molar-refractivity contribution in [3.8, 4) is 0 Å². The molecule has 0 aliphatic rings. The highest BCUT2D eigenvalue weighted by atomic mass is 32.2. The number of nitrogens with two attached hydrogens (primary N) is 1. The van der Waals surface area contributed by atoms with Crippen molar-refractivity contribution in [3.63, 3.8) is 0 Å². The fourth-order valence-corrected chi connectivity index (χ4v) is 2.26. The summed E-state index contributed by atoms with van der Waals surface area (Å²) in [4.78, 5) is 8.34. The zero-order chi connectivity index (χ0) is 13.8. The van der Waals surface area contributed by atoms with Crippen LogP contribution < -0.4 is 11.1 Å². The normalized spacial score (nSPS) is 10.7. The van der Waals surface area contributed by atoms with Crippen LogP contribution in [0.3, 0.4) is 0 Å². The first-order valence-corrected chi connectivity index (χ1v) is 6.84. The van der Waals surface area contributed by atoms with Crippen LogP contribution in [0.15, 0.2) is 16.2 Å². The Morgan fingerprint density at radius 1 is 1.37 bits per heavy atom. The topological polar surface area (TPSA) is 94.5 Å². The summed E-state index contributed by atoms with van der Waals surface area (Å²) in [6, 6.07) is 1.86. The van der Waals surface area contributed by atoms with Gasteiger partial charge in [-0.25, -0.2) is 4.98 Å². The second kappa shape index (κ2) is 5.87. The van der Waals surface area contributed by atoms with Crippen LogP contribution in [0.1, 0.15) is 19.2 Å². The molecule has 0 atom stereocenters. The highest BCUT2D eigenvalue weighted by molar-refractivity contribution is 7.99. The van der Waals surface area contributed by atoms with Gasteiger partial charge in [0, 0.05) is 19.7 Å². The smallest absolute Gasteiger partial charge is 0.223 e. The first-order valence-electron chi connectivity index (χ1n) is 6.02. The quantitative estimate of drug-likeness (QED) is 0.800. The molecule has 0 bridgehead atoms. The molecule has 19 heavy (non-hydrogen) atoms. The van der Waals surface area contributed by atoms with Crippen molar-refractivity contribution in [2.45, 2.75) is 30.5 Å². The summed E-state index contributed by atoms with van der Waals surface area (Å²) >= 11 is 1.42. The lowest BCUT2D eigenvalue weighted by atomic mass is 10.4. The Labute approximate surface area is 116 Å². The first kappa shape index (κ1) is 13.6. The monoisotopic (exact) mass is 279 g/mol. The summed E-state index contributed by atoms with van der Waals surface area (Å²) in [6.45, 7) is 4.85. The van der Waals surface area contributed by atoms with E-state index in [1.807, 2.05) is 24.6 Å². The fourth-order valence-electron chi connectivity index (χ4n) is 1.41. The summed E-state index contributed by atoms with van der Waals surface area (Å²) in [5.74, 6) is 1.84. The maximum Gasteiger partial charge on any atom is 0.223 e. The van der Waals surface area contributed by atoms with E-state index in [-0.39, 0.29) is 5.95 Å². The molecular weight excluding hydrogens is 262 g/mol. The average Bonchev–Trinajstić information content (AvgIpc) is 2.68. The van der Waals surface area contributed by atoms with Gasteiger partial charge in [-0.2, -0.15) is 4.98 Å². The standard InChI is InChI=1S/C11H17N7S/c1-4-5-13-8-6-9(15-10(12)14-8)19-11-17-16-7(2)18(11)3/h6H,4-5H2,1-3H3,(H3,12,13,14,15). The Morgan fingerprint density at radius 3 is 2.79 bits per heavy atom. The van der Waals surface area contributed by atoms with E-state index in [0.29, 0.717) is 0 Å². The van der Waals surface area contributed by atoms with Crippen molar-refractivity contribution in [2.24, 2.45) is 7.05 Å². The highest BCUT2D eigenvalue weighted by Gasteiger charge is 2.10. The minimum atomic E-state index is 0.252. The molecule has 2 rings (SSSR count). The van der Waals surface area contributed by atoms with Gasteiger partial charge in [0.25, 0.3) is 0 Å². The van der Waals surface area contributed by atoms with E-state index in [4.69, 9.17) is 5.73 Å². The minimum absolute atomic E-state index is 0.252. The van der Waals surface area contributed by atoms with Crippen LogP contribution in [0.5, 0.6) is 0 Å². The molecule has 0 fully saturated rings. The number of aromatic nitrogens is 5. The molecule has 2 aromatic rings. The van der Waals surface area contributed by atoms with Crippen LogP contribution in [-0.2, 0) is 7.05 Å². The van der Waals surface area contributed by atoms with Gasteiger partial charge in [-0.1, -0.05) is 6.92 Å². The average molecular weight is 279 g/mol. The second-order valence-corrected chi connectivity index (χ2v) is 5.05. The third kappa shape index (κ3) is 3.34. The van der Waals surface area contributed by atoms with E-state index in [9.17, 15) is 0 Å². The van der Waals surface area contributed by atoms with E-state index >= 15 is 0 Å². The van der Waals surface area contributed by atoms with Gasteiger partial charge in [-0.3, -0.25) is 0 Å². The van der Waals surface area contributed by atoms with Gasteiger partial charge in [0.05, 0.1) is 0 Å². The molecule has 0 saturated carbocycles. The molecular formula is C11H17N7S.